The van der Waals surface area contributed by atoms with Gasteiger partial charge in [0.25, 0.3) is 0 Å². The Hall–Kier alpha value is -0.280. The molecule has 3 N–H and O–H groups in total. The fourth-order valence-corrected chi connectivity index (χ4v) is 0.552. The lowest BCUT2D eigenvalue weighted by molar-refractivity contribution is -0.121. The monoisotopic (exact) mass is 180 g/mol. The van der Waals surface area contributed by atoms with Crippen molar-refractivity contribution in [3.05, 3.63) is 0 Å². The van der Waals surface area contributed by atoms with Crippen LogP contribution in [-0.4, -0.2) is 19.0 Å². The predicted molar refractivity (Wildman–Crippen MR) is 48.7 cm³/mol. The number of carbonyl (C=O) groups is 1. The molecule has 0 aromatic rings. The molecule has 0 saturated heterocycles. The van der Waals surface area contributed by atoms with Crippen LogP contribution in [0.1, 0.15) is 20.3 Å². The van der Waals surface area contributed by atoms with Gasteiger partial charge in [0, 0.05) is 19.5 Å². The van der Waals surface area contributed by atoms with E-state index in [1.165, 1.54) is 0 Å². The molecule has 1 amide bonds. The predicted octanol–water partition coefficient (Wildman–Crippen LogP) is 0.528. The van der Waals surface area contributed by atoms with Gasteiger partial charge in [-0.25, -0.2) is 0 Å². The van der Waals surface area contributed by atoms with Crippen LogP contribution in [0.4, 0.5) is 0 Å². The molecular formula is C7H17ClN2O. The number of carbonyl (C=O) groups excluding carboxylic acids is 1. The second-order valence-electron chi connectivity index (χ2n) is 2.79. The summed E-state index contributed by atoms with van der Waals surface area (Å²) in [6.07, 6.45) is 0.425. The van der Waals surface area contributed by atoms with Crippen molar-refractivity contribution in [1.82, 2.24) is 5.32 Å². The number of hydrogen-bond acceptors (Lipinski definition) is 2. The summed E-state index contributed by atoms with van der Waals surface area (Å²) in [6.45, 7) is 4.02. The second kappa shape index (κ2) is 6.43. The number of nitrogens with one attached hydrogen (secondary N) is 1. The highest BCUT2D eigenvalue weighted by Crippen LogP contribution is 2.01. The Morgan fingerprint density at radius 2 is 2.00 bits per heavy atom. The highest BCUT2D eigenvalue weighted by molar-refractivity contribution is 5.85. The summed E-state index contributed by atoms with van der Waals surface area (Å²) in [5, 5.41) is 2.53. The highest BCUT2D eigenvalue weighted by atomic mass is 35.5. The summed E-state index contributed by atoms with van der Waals surface area (Å²) in [7, 11) is 1.62. The average Bonchev–Trinajstić information content (AvgIpc) is 1.87. The van der Waals surface area contributed by atoms with Gasteiger partial charge in [0.2, 0.25) is 5.91 Å². The third-order valence-corrected chi connectivity index (χ3v) is 1.56. The molecule has 0 aromatic carbocycles. The molecule has 1 atom stereocenters. The number of hydrogen-bond donors (Lipinski definition) is 2. The summed E-state index contributed by atoms with van der Waals surface area (Å²) in [4.78, 5) is 10.7. The van der Waals surface area contributed by atoms with E-state index in [-0.39, 0.29) is 24.4 Å². The molecule has 4 heteroatoms. The summed E-state index contributed by atoms with van der Waals surface area (Å²) in [5.74, 6) is 0.387. The van der Waals surface area contributed by atoms with Crippen molar-refractivity contribution < 1.29 is 4.79 Å². The topological polar surface area (TPSA) is 55.1 Å². The highest BCUT2D eigenvalue weighted by Gasteiger charge is 2.10. The third-order valence-electron chi connectivity index (χ3n) is 1.56. The van der Waals surface area contributed by atoms with Crippen LogP contribution in [0.15, 0.2) is 0 Å². The van der Waals surface area contributed by atoms with Crippen molar-refractivity contribution in [2.24, 2.45) is 11.7 Å². The Morgan fingerprint density at radius 1 is 1.55 bits per heavy atom. The molecule has 0 aliphatic heterocycles. The summed E-state index contributed by atoms with van der Waals surface area (Å²) in [6, 6.07) is -0.0139. The van der Waals surface area contributed by atoms with Gasteiger partial charge in [-0.15, -0.1) is 12.4 Å². The summed E-state index contributed by atoms with van der Waals surface area (Å²) in [5.41, 5.74) is 5.63. The van der Waals surface area contributed by atoms with Gasteiger partial charge < -0.3 is 11.1 Å². The Kier molecular flexibility index (Phi) is 7.79. The average molecular weight is 181 g/mol. The Morgan fingerprint density at radius 3 is 2.27 bits per heavy atom. The van der Waals surface area contributed by atoms with Crippen LogP contribution in [0.25, 0.3) is 0 Å². The molecule has 0 aliphatic rings. The van der Waals surface area contributed by atoms with E-state index in [4.69, 9.17) is 5.73 Å². The van der Waals surface area contributed by atoms with Crippen molar-refractivity contribution >= 4 is 18.3 Å². The van der Waals surface area contributed by atoms with Crippen LogP contribution in [0.3, 0.4) is 0 Å². The zero-order chi connectivity index (χ0) is 8.15. The lowest BCUT2D eigenvalue weighted by Gasteiger charge is -2.13. The quantitative estimate of drug-likeness (QED) is 0.666. The van der Waals surface area contributed by atoms with Crippen molar-refractivity contribution in [3.63, 3.8) is 0 Å². The van der Waals surface area contributed by atoms with Gasteiger partial charge in [0.15, 0.2) is 0 Å². The van der Waals surface area contributed by atoms with E-state index in [0.29, 0.717) is 12.3 Å². The molecule has 0 bridgehead atoms. The van der Waals surface area contributed by atoms with Crippen LogP contribution >= 0.6 is 12.4 Å². The van der Waals surface area contributed by atoms with Gasteiger partial charge in [-0.05, 0) is 5.92 Å². The Bertz CT molecular complexity index is 117. The van der Waals surface area contributed by atoms with E-state index >= 15 is 0 Å². The molecule has 3 nitrogen and oxygen atoms in total. The molecule has 11 heavy (non-hydrogen) atoms. The van der Waals surface area contributed by atoms with Crippen LogP contribution in [-0.2, 0) is 4.79 Å². The number of rotatable bonds is 3. The van der Waals surface area contributed by atoms with Crippen molar-refractivity contribution in [1.29, 1.82) is 0 Å². The molecule has 0 radical (unpaired) electrons. The molecular weight excluding hydrogens is 164 g/mol. The Labute approximate surface area is 74.1 Å². The molecule has 0 spiro atoms. The van der Waals surface area contributed by atoms with Gasteiger partial charge in [-0.1, -0.05) is 13.8 Å². The summed E-state index contributed by atoms with van der Waals surface area (Å²) >= 11 is 0. The fraction of sp³-hybridized carbons (Fsp3) is 0.857. The minimum Gasteiger partial charge on any atom is -0.359 e. The lowest BCUT2D eigenvalue weighted by atomic mass is 10.0. The van der Waals surface area contributed by atoms with Gasteiger partial charge in [0.1, 0.15) is 0 Å². The molecule has 0 aliphatic carbocycles. The first kappa shape index (κ1) is 13.3. The molecule has 0 aromatic heterocycles. The van der Waals surface area contributed by atoms with Crippen molar-refractivity contribution in [2.75, 3.05) is 7.05 Å². The maximum atomic E-state index is 10.7. The van der Waals surface area contributed by atoms with E-state index in [9.17, 15) is 4.79 Å². The van der Waals surface area contributed by atoms with Gasteiger partial charge in [0.05, 0.1) is 0 Å². The van der Waals surface area contributed by atoms with Gasteiger partial charge >= 0.3 is 0 Å². The fourth-order valence-electron chi connectivity index (χ4n) is 0.552. The van der Waals surface area contributed by atoms with E-state index in [1.54, 1.807) is 7.05 Å². The van der Waals surface area contributed by atoms with Crippen LogP contribution < -0.4 is 11.1 Å². The number of halogens is 1. The molecule has 0 saturated carbocycles. The molecule has 68 valence electrons. The van der Waals surface area contributed by atoms with Crippen molar-refractivity contribution in [3.8, 4) is 0 Å². The maximum absolute atomic E-state index is 10.7. The smallest absolute Gasteiger partial charge is 0.221 e. The van der Waals surface area contributed by atoms with E-state index in [2.05, 4.69) is 5.32 Å². The second-order valence-corrected chi connectivity index (χ2v) is 2.79. The molecule has 0 fully saturated rings. The first-order valence-corrected chi connectivity index (χ1v) is 3.54. The van der Waals surface area contributed by atoms with Crippen LogP contribution in [0.5, 0.6) is 0 Å². The largest absolute Gasteiger partial charge is 0.359 e. The SMILES string of the molecule is CNC(=O)CC(N)C(C)C.Cl. The normalized spacial score (nSPS) is 12.1. The zero-order valence-corrected chi connectivity index (χ0v) is 8.07. The zero-order valence-electron chi connectivity index (χ0n) is 7.26. The van der Waals surface area contributed by atoms with E-state index < -0.39 is 0 Å². The molecule has 1 unspecified atom stereocenters. The Balaban J connectivity index is 0. The lowest BCUT2D eigenvalue weighted by Crippen LogP contribution is -2.33. The number of amides is 1. The summed E-state index contributed by atoms with van der Waals surface area (Å²) < 4.78 is 0. The van der Waals surface area contributed by atoms with E-state index in [1.807, 2.05) is 13.8 Å². The standard InChI is InChI=1S/C7H16N2O.ClH/c1-5(2)6(8)4-7(10)9-3;/h5-6H,4,8H2,1-3H3,(H,9,10);1H. The number of nitrogens with two attached hydrogens (primary N) is 1. The first-order chi connectivity index (χ1) is 4.57. The van der Waals surface area contributed by atoms with Crippen molar-refractivity contribution in [2.45, 2.75) is 26.3 Å². The first-order valence-electron chi connectivity index (χ1n) is 3.54. The molecule has 0 heterocycles. The van der Waals surface area contributed by atoms with Gasteiger partial charge in [-0.2, -0.15) is 0 Å². The minimum absolute atomic E-state index is 0. The maximum Gasteiger partial charge on any atom is 0.221 e. The van der Waals surface area contributed by atoms with E-state index in [0.717, 1.165) is 0 Å². The minimum atomic E-state index is -0.0139. The van der Waals surface area contributed by atoms with Crippen LogP contribution in [0, 0.1) is 5.92 Å². The third kappa shape index (κ3) is 6.13. The van der Waals surface area contributed by atoms with Gasteiger partial charge in [-0.3, -0.25) is 4.79 Å². The van der Waals surface area contributed by atoms with Crippen LogP contribution in [0.2, 0.25) is 0 Å². The molecule has 0 rings (SSSR count).